The fourth-order valence-corrected chi connectivity index (χ4v) is 4.85. The molecular formula is C27H35NO5. The number of rotatable bonds is 8. The van der Waals surface area contributed by atoms with Crippen LogP contribution in [-0.4, -0.2) is 36.2 Å². The Hall–Kier alpha value is -3.02. The monoisotopic (exact) mass is 453 g/mol. The molecule has 0 radical (unpaired) electrons. The lowest BCUT2D eigenvalue weighted by atomic mass is 9.77. The molecule has 0 N–H and O–H groups in total. The minimum absolute atomic E-state index is 0.0192. The molecule has 0 bridgehead atoms. The molecule has 0 saturated carbocycles. The van der Waals surface area contributed by atoms with Gasteiger partial charge in [-0.2, -0.15) is 0 Å². The number of amides is 1. The van der Waals surface area contributed by atoms with Crippen LogP contribution in [0.2, 0.25) is 0 Å². The summed E-state index contributed by atoms with van der Waals surface area (Å²) in [5, 5.41) is 0. The van der Waals surface area contributed by atoms with Crippen LogP contribution in [0.3, 0.4) is 0 Å². The first-order valence-corrected chi connectivity index (χ1v) is 11.5. The van der Waals surface area contributed by atoms with E-state index in [1.54, 1.807) is 0 Å². The van der Waals surface area contributed by atoms with Gasteiger partial charge in [-0.15, -0.1) is 0 Å². The summed E-state index contributed by atoms with van der Waals surface area (Å²) in [6.45, 7) is 14.4. The van der Waals surface area contributed by atoms with Crippen LogP contribution < -0.4 is 14.2 Å². The first kappa shape index (κ1) is 24.6. The highest BCUT2D eigenvalue weighted by Crippen LogP contribution is 2.39. The van der Waals surface area contributed by atoms with Gasteiger partial charge in [0.1, 0.15) is 5.75 Å². The van der Waals surface area contributed by atoms with E-state index >= 15 is 0 Å². The van der Waals surface area contributed by atoms with Gasteiger partial charge in [-0.3, -0.25) is 9.59 Å². The second kappa shape index (κ2) is 9.86. The predicted molar refractivity (Wildman–Crippen MR) is 128 cm³/mol. The number of hydrogen-bond donors (Lipinski definition) is 0. The molecule has 1 atom stereocenters. The first-order valence-electron chi connectivity index (χ1n) is 11.5. The minimum Gasteiger partial charge on any atom is -0.454 e. The van der Waals surface area contributed by atoms with Crippen molar-refractivity contribution in [1.82, 2.24) is 4.90 Å². The summed E-state index contributed by atoms with van der Waals surface area (Å²) in [6.07, 6.45) is 1.03. The molecule has 6 nitrogen and oxygen atoms in total. The fraction of sp³-hybridized carbons (Fsp3) is 0.481. The Labute approximate surface area is 196 Å². The van der Waals surface area contributed by atoms with E-state index in [1.165, 1.54) is 6.92 Å². The van der Waals surface area contributed by atoms with E-state index in [-0.39, 0.29) is 24.7 Å². The third-order valence-corrected chi connectivity index (χ3v) is 6.13. The molecule has 0 aliphatic carbocycles. The number of ether oxygens (including phenoxy) is 3. The largest absolute Gasteiger partial charge is 0.454 e. The maximum Gasteiger partial charge on any atom is 0.308 e. The molecule has 0 unspecified atom stereocenters. The van der Waals surface area contributed by atoms with Gasteiger partial charge in [0.15, 0.2) is 11.5 Å². The SMILES string of the molecule is CCN(C(=O)CC(C)(C)c1c(C)cc(C)cc1OC(C)=O)[C@@H](C)Cc1ccc2c(c1)OCO2. The second-order valence-electron chi connectivity index (χ2n) is 9.53. The van der Waals surface area contributed by atoms with E-state index < -0.39 is 5.41 Å². The maximum atomic E-state index is 13.5. The lowest BCUT2D eigenvalue weighted by Crippen LogP contribution is -2.42. The minimum atomic E-state index is -0.508. The molecule has 1 amide bonds. The number of benzene rings is 2. The third kappa shape index (κ3) is 5.67. The van der Waals surface area contributed by atoms with Gasteiger partial charge in [0.05, 0.1) is 0 Å². The number of carbonyl (C=O) groups is 2. The average molecular weight is 454 g/mol. The van der Waals surface area contributed by atoms with Crippen molar-refractivity contribution in [3.05, 3.63) is 52.6 Å². The molecule has 2 aromatic rings. The maximum absolute atomic E-state index is 13.5. The Kier molecular flexibility index (Phi) is 7.35. The Morgan fingerprint density at radius 3 is 2.48 bits per heavy atom. The zero-order valence-corrected chi connectivity index (χ0v) is 20.8. The van der Waals surface area contributed by atoms with Crippen LogP contribution in [-0.2, 0) is 21.4 Å². The standard InChI is InChI=1S/C27H35NO5/c1-8-28(19(4)13-21-9-10-22-23(14-21)32-16-31-22)25(30)15-27(6,7)26-18(3)11-17(2)12-24(26)33-20(5)29/h9-12,14,19H,8,13,15-16H2,1-7H3/t19-/m0/s1. The first-order chi connectivity index (χ1) is 15.5. The molecule has 1 aliphatic rings. The Morgan fingerprint density at radius 1 is 1.12 bits per heavy atom. The van der Waals surface area contributed by atoms with Gasteiger partial charge in [0.2, 0.25) is 12.7 Å². The summed E-state index contributed by atoms with van der Waals surface area (Å²) in [5.41, 5.74) is 3.52. The summed E-state index contributed by atoms with van der Waals surface area (Å²) in [5.74, 6) is 1.76. The Bertz CT molecular complexity index is 1040. The van der Waals surface area contributed by atoms with Gasteiger partial charge in [0, 0.05) is 36.9 Å². The molecule has 0 saturated heterocycles. The van der Waals surface area contributed by atoms with Crippen LogP contribution in [0.4, 0.5) is 0 Å². The number of hydrogen-bond acceptors (Lipinski definition) is 5. The number of aryl methyl sites for hydroxylation is 2. The van der Waals surface area contributed by atoms with Gasteiger partial charge in [0.25, 0.3) is 0 Å². The number of likely N-dealkylation sites (N-methyl/N-ethyl adjacent to an activating group) is 1. The van der Waals surface area contributed by atoms with Crippen LogP contribution in [0.5, 0.6) is 17.2 Å². The zero-order chi connectivity index (χ0) is 24.3. The molecule has 0 aromatic heterocycles. The molecule has 2 aromatic carbocycles. The number of nitrogens with zero attached hydrogens (tertiary/aromatic N) is 1. The molecule has 3 rings (SSSR count). The van der Waals surface area contributed by atoms with Crippen molar-refractivity contribution < 1.29 is 23.8 Å². The van der Waals surface area contributed by atoms with Crippen LogP contribution in [0.15, 0.2) is 30.3 Å². The van der Waals surface area contributed by atoms with E-state index in [0.29, 0.717) is 18.7 Å². The van der Waals surface area contributed by atoms with Crippen molar-refractivity contribution in [3.63, 3.8) is 0 Å². The van der Waals surface area contributed by atoms with Gasteiger partial charge in [-0.25, -0.2) is 0 Å². The van der Waals surface area contributed by atoms with Crippen LogP contribution in [0.25, 0.3) is 0 Å². The summed E-state index contributed by atoms with van der Waals surface area (Å²) < 4.78 is 16.4. The average Bonchev–Trinajstić information content (AvgIpc) is 3.14. The van der Waals surface area contributed by atoms with Gasteiger partial charge in [-0.05, 0) is 69.0 Å². The van der Waals surface area contributed by atoms with Crippen molar-refractivity contribution in [3.8, 4) is 17.2 Å². The normalized spacial score (nSPS) is 13.5. The number of esters is 1. The second-order valence-corrected chi connectivity index (χ2v) is 9.53. The molecule has 0 spiro atoms. The van der Waals surface area contributed by atoms with Crippen LogP contribution >= 0.6 is 0 Å². The summed E-state index contributed by atoms with van der Waals surface area (Å²) in [6, 6.07) is 9.88. The molecule has 1 aliphatic heterocycles. The molecule has 33 heavy (non-hydrogen) atoms. The van der Waals surface area contributed by atoms with Gasteiger partial charge < -0.3 is 19.1 Å². The van der Waals surface area contributed by atoms with E-state index in [0.717, 1.165) is 40.2 Å². The van der Waals surface area contributed by atoms with Crippen molar-refractivity contribution in [2.24, 2.45) is 0 Å². The van der Waals surface area contributed by atoms with Crippen LogP contribution in [0.1, 0.15) is 63.3 Å². The van der Waals surface area contributed by atoms with Gasteiger partial charge in [-0.1, -0.05) is 26.0 Å². The highest BCUT2D eigenvalue weighted by Gasteiger charge is 2.33. The third-order valence-electron chi connectivity index (χ3n) is 6.13. The predicted octanol–water partition coefficient (Wildman–Crippen LogP) is 5.10. The van der Waals surface area contributed by atoms with E-state index in [2.05, 4.69) is 13.0 Å². The lowest BCUT2D eigenvalue weighted by Gasteiger charge is -2.34. The van der Waals surface area contributed by atoms with E-state index in [9.17, 15) is 9.59 Å². The highest BCUT2D eigenvalue weighted by molar-refractivity contribution is 5.79. The van der Waals surface area contributed by atoms with E-state index in [1.807, 2.05) is 63.8 Å². The molecular weight excluding hydrogens is 418 g/mol. The Balaban J connectivity index is 1.78. The van der Waals surface area contributed by atoms with Crippen molar-refractivity contribution >= 4 is 11.9 Å². The molecule has 178 valence electrons. The topological polar surface area (TPSA) is 65.1 Å². The molecule has 1 heterocycles. The molecule has 6 heteroatoms. The summed E-state index contributed by atoms with van der Waals surface area (Å²) in [4.78, 5) is 27.1. The van der Waals surface area contributed by atoms with Crippen LogP contribution in [0, 0.1) is 13.8 Å². The Morgan fingerprint density at radius 2 is 1.82 bits per heavy atom. The number of fused-ring (bicyclic) bond motifs is 1. The number of carbonyl (C=O) groups excluding carboxylic acids is 2. The summed E-state index contributed by atoms with van der Waals surface area (Å²) in [7, 11) is 0. The van der Waals surface area contributed by atoms with Crippen molar-refractivity contribution in [2.45, 2.75) is 72.8 Å². The fourth-order valence-electron chi connectivity index (χ4n) is 4.85. The summed E-state index contributed by atoms with van der Waals surface area (Å²) >= 11 is 0. The smallest absolute Gasteiger partial charge is 0.308 e. The lowest BCUT2D eigenvalue weighted by molar-refractivity contribution is -0.134. The zero-order valence-electron chi connectivity index (χ0n) is 20.8. The van der Waals surface area contributed by atoms with Gasteiger partial charge >= 0.3 is 5.97 Å². The molecule has 0 fully saturated rings. The van der Waals surface area contributed by atoms with Crippen molar-refractivity contribution in [2.75, 3.05) is 13.3 Å². The van der Waals surface area contributed by atoms with Crippen molar-refractivity contribution in [1.29, 1.82) is 0 Å². The van der Waals surface area contributed by atoms with E-state index in [4.69, 9.17) is 14.2 Å². The quantitative estimate of drug-likeness (QED) is 0.411. The highest BCUT2D eigenvalue weighted by atomic mass is 16.7.